The van der Waals surface area contributed by atoms with Gasteiger partial charge in [0.25, 0.3) is 0 Å². The zero-order chi connectivity index (χ0) is 17.0. The summed E-state index contributed by atoms with van der Waals surface area (Å²) in [6, 6.07) is 4.08. The Hall–Kier alpha value is 0.0900. The quantitative estimate of drug-likeness (QED) is 0.331. The van der Waals surface area contributed by atoms with E-state index in [0.717, 1.165) is 16.6 Å². The minimum Gasteiger partial charge on any atom is -0.354 e. The predicted octanol–water partition coefficient (Wildman–Crippen LogP) is 2.46. The molecular formula is C13H24BrIN4O2S2. The van der Waals surface area contributed by atoms with Crippen LogP contribution in [0.3, 0.4) is 0 Å². The van der Waals surface area contributed by atoms with Gasteiger partial charge in [0.15, 0.2) is 5.96 Å². The van der Waals surface area contributed by atoms with Crippen LogP contribution >= 0.6 is 51.2 Å². The van der Waals surface area contributed by atoms with E-state index in [1.165, 1.54) is 4.88 Å². The zero-order valence-electron chi connectivity index (χ0n) is 13.9. The van der Waals surface area contributed by atoms with E-state index < -0.39 is 15.6 Å². The average Bonchev–Trinajstić information content (AvgIpc) is 2.72. The van der Waals surface area contributed by atoms with Gasteiger partial charge in [0.1, 0.15) is 0 Å². The van der Waals surface area contributed by atoms with Gasteiger partial charge in [-0.1, -0.05) is 0 Å². The van der Waals surface area contributed by atoms with Crippen molar-refractivity contribution in [3.63, 3.8) is 0 Å². The van der Waals surface area contributed by atoms with Crippen molar-refractivity contribution in [2.24, 2.45) is 4.99 Å². The van der Waals surface area contributed by atoms with Crippen molar-refractivity contribution in [1.82, 2.24) is 14.9 Å². The van der Waals surface area contributed by atoms with Gasteiger partial charge in [0, 0.05) is 31.1 Å². The minimum atomic E-state index is -3.25. The molecule has 0 aliphatic rings. The SMILES string of the molecule is CN=C(NCC(C)(C)NS(C)(=O)=O)N(C)Cc1ccc(Br)s1.I. The maximum absolute atomic E-state index is 11.4. The summed E-state index contributed by atoms with van der Waals surface area (Å²) in [4.78, 5) is 7.45. The second-order valence-electron chi connectivity index (χ2n) is 5.72. The van der Waals surface area contributed by atoms with Crippen LogP contribution in [0.4, 0.5) is 0 Å². The molecule has 0 amide bonds. The molecule has 1 aromatic rings. The predicted molar refractivity (Wildman–Crippen MR) is 112 cm³/mol. The molecule has 0 aliphatic heterocycles. The first-order valence-corrected chi connectivity index (χ1v) is 10.2. The normalized spacial score (nSPS) is 12.7. The molecule has 2 N–H and O–H groups in total. The molecule has 0 unspecified atom stereocenters. The molecule has 1 rings (SSSR count). The van der Waals surface area contributed by atoms with Crippen molar-refractivity contribution in [3.05, 3.63) is 20.8 Å². The molecule has 6 nitrogen and oxygen atoms in total. The highest BCUT2D eigenvalue weighted by Gasteiger charge is 2.23. The molecule has 0 aromatic carbocycles. The van der Waals surface area contributed by atoms with E-state index >= 15 is 0 Å². The average molecular weight is 539 g/mol. The largest absolute Gasteiger partial charge is 0.354 e. The summed E-state index contributed by atoms with van der Waals surface area (Å²) in [6.45, 7) is 4.82. The molecule has 1 aromatic heterocycles. The molecule has 23 heavy (non-hydrogen) atoms. The van der Waals surface area contributed by atoms with Crippen molar-refractivity contribution in [2.75, 3.05) is 26.9 Å². The number of guanidine groups is 1. The van der Waals surface area contributed by atoms with Gasteiger partial charge < -0.3 is 10.2 Å². The number of hydrogen-bond acceptors (Lipinski definition) is 4. The molecule has 0 spiro atoms. The number of rotatable bonds is 6. The molecular weight excluding hydrogens is 515 g/mol. The Morgan fingerprint density at radius 2 is 2.04 bits per heavy atom. The summed E-state index contributed by atoms with van der Waals surface area (Å²) in [5.41, 5.74) is -0.601. The highest BCUT2D eigenvalue weighted by molar-refractivity contribution is 14.0. The van der Waals surface area contributed by atoms with Crippen molar-refractivity contribution in [2.45, 2.75) is 25.9 Å². The Labute approximate surface area is 168 Å². The molecule has 0 fully saturated rings. The van der Waals surface area contributed by atoms with Crippen LogP contribution < -0.4 is 10.0 Å². The van der Waals surface area contributed by atoms with Crippen LogP contribution in [-0.4, -0.2) is 51.7 Å². The van der Waals surface area contributed by atoms with E-state index in [-0.39, 0.29) is 24.0 Å². The van der Waals surface area contributed by atoms with Crippen molar-refractivity contribution in [3.8, 4) is 0 Å². The summed E-state index contributed by atoms with van der Waals surface area (Å²) >= 11 is 5.13. The van der Waals surface area contributed by atoms with Gasteiger partial charge in [-0.25, -0.2) is 13.1 Å². The smallest absolute Gasteiger partial charge is 0.209 e. The third-order valence-corrected chi connectivity index (χ3v) is 5.28. The molecule has 0 saturated carbocycles. The molecule has 1 heterocycles. The number of nitrogens with one attached hydrogen (secondary N) is 2. The number of halogens is 2. The molecule has 0 radical (unpaired) electrons. The van der Waals surface area contributed by atoms with Crippen LogP contribution in [0.2, 0.25) is 0 Å². The Morgan fingerprint density at radius 1 is 1.43 bits per heavy atom. The summed E-state index contributed by atoms with van der Waals surface area (Å²) in [7, 11) is 0.403. The zero-order valence-corrected chi connectivity index (χ0v) is 19.4. The van der Waals surface area contributed by atoms with Crippen LogP contribution in [0.5, 0.6) is 0 Å². The molecule has 0 aliphatic carbocycles. The first kappa shape index (κ1) is 23.1. The number of thiophene rings is 1. The monoisotopic (exact) mass is 538 g/mol. The van der Waals surface area contributed by atoms with Crippen molar-refractivity contribution >= 4 is 67.2 Å². The van der Waals surface area contributed by atoms with E-state index in [0.29, 0.717) is 12.5 Å². The second kappa shape index (κ2) is 9.54. The third kappa shape index (κ3) is 9.22. The maximum atomic E-state index is 11.4. The van der Waals surface area contributed by atoms with Gasteiger partial charge >= 0.3 is 0 Å². The topological polar surface area (TPSA) is 73.8 Å². The minimum absolute atomic E-state index is 0. The van der Waals surface area contributed by atoms with E-state index in [1.54, 1.807) is 18.4 Å². The number of aliphatic imine (C=N–C) groups is 1. The molecule has 0 atom stereocenters. The standard InChI is InChI=1S/C13H23BrN4O2S2.HI/c1-13(2,17-22(5,19)20)9-16-12(15-3)18(4)8-10-6-7-11(14)21-10;/h6-7,17H,8-9H2,1-5H3,(H,15,16);1H. The Bertz CT molecular complexity index is 632. The van der Waals surface area contributed by atoms with E-state index in [4.69, 9.17) is 0 Å². The van der Waals surface area contributed by atoms with Gasteiger partial charge in [-0.3, -0.25) is 4.99 Å². The van der Waals surface area contributed by atoms with E-state index in [1.807, 2.05) is 31.9 Å². The van der Waals surface area contributed by atoms with Gasteiger partial charge in [-0.15, -0.1) is 35.3 Å². The molecule has 0 bridgehead atoms. The number of sulfonamides is 1. The van der Waals surface area contributed by atoms with Gasteiger partial charge in [0.2, 0.25) is 10.0 Å². The number of nitrogens with zero attached hydrogens (tertiary/aromatic N) is 2. The van der Waals surface area contributed by atoms with Crippen LogP contribution in [0, 0.1) is 0 Å². The fraction of sp³-hybridized carbons (Fsp3) is 0.615. The summed E-state index contributed by atoms with van der Waals surface area (Å²) in [5, 5.41) is 3.20. The van der Waals surface area contributed by atoms with Crippen LogP contribution in [0.1, 0.15) is 18.7 Å². The van der Waals surface area contributed by atoms with Gasteiger partial charge in [0.05, 0.1) is 16.6 Å². The van der Waals surface area contributed by atoms with Gasteiger partial charge in [-0.05, 0) is 41.9 Å². The highest BCUT2D eigenvalue weighted by atomic mass is 127. The lowest BCUT2D eigenvalue weighted by molar-refractivity contribution is 0.424. The summed E-state index contributed by atoms with van der Waals surface area (Å²) in [5.74, 6) is 0.716. The fourth-order valence-corrected chi connectivity index (χ4v) is 4.58. The van der Waals surface area contributed by atoms with Crippen molar-refractivity contribution in [1.29, 1.82) is 0 Å². The third-order valence-electron chi connectivity index (χ3n) is 2.75. The first-order valence-electron chi connectivity index (χ1n) is 6.67. The molecule has 0 saturated heterocycles. The van der Waals surface area contributed by atoms with Crippen LogP contribution in [0.25, 0.3) is 0 Å². The van der Waals surface area contributed by atoms with Crippen molar-refractivity contribution < 1.29 is 8.42 Å². The van der Waals surface area contributed by atoms with Crippen LogP contribution in [0.15, 0.2) is 20.9 Å². The lowest BCUT2D eigenvalue weighted by atomic mass is 10.1. The summed E-state index contributed by atoms with van der Waals surface area (Å²) in [6.07, 6.45) is 1.16. The molecule has 134 valence electrons. The van der Waals surface area contributed by atoms with E-state index in [9.17, 15) is 8.42 Å². The summed E-state index contributed by atoms with van der Waals surface area (Å²) < 4.78 is 26.4. The van der Waals surface area contributed by atoms with Crippen LogP contribution in [-0.2, 0) is 16.6 Å². The second-order valence-corrected chi connectivity index (χ2v) is 10.0. The molecule has 10 heteroatoms. The highest BCUT2D eigenvalue weighted by Crippen LogP contribution is 2.22. The maximum Gasteiger partial charge on any atom is 0.209 e. The lowest BCUT2D eigenvalue weighted by Crippen LogP contribution is -2.53. The lowest BCUT2D eigenvalue weighted by Gasteiger charge is -2.28. The van der Waals surface area contributed by atoms with Gasteiger partial charge in [-0.2, -0.15) is 0 Å². The Kier molecular flexibility index (Phi) is 9.58. The number of hydrogen-bond donors (Lipinski definition) is 2. The Balaban J connectivity index is 0.00000484. The Morgan fingerprint density at radius 3 is 2.48 bits per heavy atom. The van der Waals surface area contributed by atoms with E-state index in [2.05, 4.69) is 37.0 Å². The first-order chi connectivity index (χ1) is 10.0. The fourth-order valence-electron chi connectivity index (χ4n) is 1.97.